The lowest BCUT2D eigenvalue weighted by atomic mass is 9.76. The van der Waals surface area contributed by atoms with Crippen LogP contribution in [-0.4, -0.2) is 10.4 Å². The van der Waals surface area contributed by atoms with Crippen LogP contribution < -0.4 is 0 Å². The molecule has 2 nitrogen and oxygen atoms in total. The molecule has 1 heterocycles. The second kappa shape index (κ2) is 5.89. The van der Waals surface area contributed by atoms with Gasteiger partial charge in [-0.25, -0.2) is 0 Å². The molecule has 25 heavy (non-hydrogen) atoms. The summed E-state index contributed by atoms with van der Waals surface area (Å²) in [6.45, 7) is 4.32. The van der Waals surface area contributed by atoms with Crippen molar-refractivity contribution in [1.82, 2.24) is 4.57 Å². The Morgan fingerprint density at radius 3 is 2.44 bits per heavy atom. The third kappa shape index (κ3) is 2.91. The predicted molar refractivity (Wildman–Crippen MR) is 103 cm³/mol. The van der Waals surface area contributed by atoms with Gasteiger partial charge in [0.15, 0.2) is 5.78 Å². The number of ketones is 1. The van der Waals surface area contributed by atoms with Crippen molar-refractivity contribution in [1.29, 1.82) is 0 Å². The number of fused-ring (bicyclic) bond motifs is 1. The first-order chi connectivity index (χ1) is 11.9. The van der Waals surface area contributed by atoms with E-state index in [1.165, 1.54) is 0 Å². The van der Waals surface area contributed by atoms with Crippen molar-refractivity contribution in [3.8, 4) is 16.9 Å². The quantitative estimate of drug-likeness (QED) is 0.560. The van der Waals surface area contributed by atoms with Gasteiger partial charge in [0, 0.05) is 28.4 Å². The second-order valence-electron chi connectivity index (χ2n) is 7.51. The van der Waals surface area contributed by atoms with E-state index in [0.29, 0.717) is 11.4 Å². The first kappa shape index (κ1) is 16.2. The minimum Gasteiger partial charge on any atom is -0.313 e. The van der Waals surface area contributed by atoms with E-state index in [1.54, 1.807) is 0 Å². The molecule has 126 valence electrons. The van der Waals surface area contributed by atoms with Crippen LogP contribution in [0, 0.1) is 5.41 Å². The van der Waals surface area contributed by atoms with E-state index in [0.717, 1.165) is 34.6 Å². The maximum atomic E-state index is 12.8. The van der Waals surface area contributed by atoms with Gasteiger partial charge in [0.25, 0.3) is 0 Å². The van der Waals surface area contributed by atoms with Crippen molar-refractivity contribution in [3.63, 3.8) is 0 Å². The molecule has 0 radical (unpaired) electrons. The molecule has 1 aromatic heterocycles. The number of hydrogen-bond acceptors (Lipinski definition) is 1. The fourth-order valence-corrected chi connectivity index (χ4v) is 3.93. The first-order valence-electron chi connectivity index (χ1n) is 8.54. The second-order valence-corrected chi connectivity index (χ2v) is 7.95. The van der Waals surface area contributed by atoms with Gasteiger partial charge < -0.3 is 4.57 Å². The summed E-state index contributed by atoms with van der Waals surface area (Å²) in [6, 6.07) is 20.1. The average molecular weight is 350 g/mol. The summed E-state index contributed by atoms with van der Waals surface area (Å²) >= 11 is 6.25. The Labute approximate surface area is 153 Å². The zero-order valence-electron chi connectivity index (χ0n) is 14.4. The van der Waals surface area contributed by atoms with E-state index in [-0.39, 0.29) is 11.2 Å². The number of Topliss-reactive ketones (excluding diaryl/α,β-unsaturated/α-hetero) is 1. The van der Waals surface area contributed by atoms with Crippen LogP contribution in [0.2, 0.25) is 5.02 Å². The molecule has 0 bridgehead atoms. The zero-order chi connectivity index (χ0) is 17.6. The van der Waals surface area contributed by atoms with E-state index in [4.69, 9.17) is 11.6 Å². The van der Waals surface area contributed by atoms with Gasteiger partial charge in [-0.3, -0.25) is 4.79 Å². The van der Waals surface area contributed by atoms with Crippen molar-refractivity contribution < 1.29 is 4.79 Å². The largest absolute Gasteiger partial charge is 0.313 e. The first-order valence-corrected chi connectivity index (χ1v) is 8.92. The van der Waals surface area contributed by atoms with Gasteiger partial charge in [-0.15, -0.1) is 0 Å². The molecular formula is C22H20ClNO. The molecule has 0 spiro atoms. The van der Waals surface area contributed by atoms with Gasteiger partial charge in [-0.05, 0) is 41.7 Å². The minimum atomic E-state index is -0.0350. The van der Waals surface area contributed by atoms with Gasteiger partial charge in [-0.2, -0.15) is 0 Å². The maximum Gasteiger partial charge on any atom is 0.165 e. The van der Waals surface area contributed by atoms with E-state index in [9.17, 15) is 4.79 Å². The Kier molecular flexibility index (Phi) is 3.81. The number of benzene rings is 2. The van der Waals surface area contributed by atoms with Crippen molar-refractivity contribution in [2.45, 2.75) is 26.7 Å². The highest BCUT2D eigenvalue weighted by atomic mass is 35.5. The molecule has 0 unspecified atom stereocenters. The van der Waals surface area contributed by atoms with E-state index in [1.807, 2.05) is 48.5 Å². The van der Waals surface area contributed by atoms with Crippen LogP contribution in [-0.2, 0) is 6.42 Å². The predicted octanol–water partition coefficient (Wildman–Crippen LogP) is 5.95. The molecule has 0 saturated heterocycles. The van der Waals surface area contributed by atoms with Crippen LogP contribution in [0.25, 0.3) is 16.9 Å². The standard InChI is InChI=1S/C22H20ClNO/c1-22(2)13-20-18(21(25)14-22)12-19(15-7-4-3-5-8-15)24(20)17-10-6-9-16(23)11-17/h3-12H,13-14H2,1-2H3. The van der Waals surface area contributed by atoms with Crippen molar-refractivity contribution in [2.24, 2.45) is 5.41 Å². The Balaban J connectivity index is 2.01. The normalized spacial score (nSPS) is 15.9. The summed E-state index contributed by atoms with van der Waals surface area (Å²) in [5, 5.41) is 0.695. The number of nitrogens with zero attached hydrogens (tertiary/aromatic N) is 1. The van der Waals surface area contributed by atoms with Crippen LogP contribution >= 0.6 is 11.6 Å². The van der Waals surface area contributed by atoms with E-state index >= 15 is 0 Å². The number of halogens is 1. The van der Waals surface area contributed by atoms with Gasteiger partial charge in [0.2, 0.25) is 0 Å². The molecule has 0 fully saturated rings. The highest BCUT2D eigenvalue weighted by Gasteiger charge is 2.34. The van der Waals surface area contributed by atoms with Crippen LogP contribution in [0.15, 0.2) is 60.7 Å². The number of aromatic nitrogens is 1. The number of hydrogen-bond donors (Lipinski definition) is 0. The molecule has 2 aromatic carbocycles. The molecule has 0 N–H and O–H groups in total. The maximum absolute atomic E-state index is 12.8. The Hall–Kier alpha value is -2.32. The molecular weight excluding hydrogens is 330 g/mol. The molecule has 4 rings (SSSR count). The summed E-state index contributed by atoms with van der Waals surface area (Å²) < 4.78 is 2.20. The lowest BCUT2D eigenvalue weighted by molar-refractivity contribution is 0.0911. The van der Waals surface area contributed by atoms with Gasteiger partial charge in [0.1, 0.15) is 0 Å². The zero-order valence-corrected chi connectivity index (χ0v) is 15.2. The molecule has 1 aliphatic carbocycles. The van der Waals surface area contributed by atoms with Gasteiger partial charge >= 0.3 is 0 Å². The molecule has 0 aliphatic heterocycles. The van der Waals surface area contributed by atoms with Crippen LogP contribution in [0.1, 0.15) is 36.3 Å². The van der Waals surface area contributed by atoms with E-state index in [2.05, 4.69) is 30.5 Å². The molecule has 0 saturated carbocycles. The Morgan fingerprint density at radius 2 is 1.72 bits per heavy atom. The summed E-state index contributed by atoms with van der Waals surface area (Å²) in [5.74, 6) is 0.226. The monoisotopic (exact) mass is 349 g/mol. The highest BCUT2D eigenvalue weighted by Crippen LogP contribution is 2.40. The van der Waals surface area contributed by atoms with Crippen molar-refractivity contribution >= 4 is 17.4 Å². The topological polar surface area (TPSA) is 22.0 Å². The van der Waals surface area contributed by atoms with Gasteiger partial charge in [-0.1, -0.05) is 61.8 Å². The van der Waals surface area contributed by atoms with Crippen LogP contribution in [0.3, 0.4) is 0 Å². The minimum absolute atomic E-state index is 0.0350. The molecule has 3 aromatic rings. The molecule has 3 heteroatoms. The number of carbonyl (C=O) groups excluding carboxylic acids is 1. The van der Waals surface area contributed by atoms with E-state index < -0.39 is 0 Å². The summed E-state index contributed by atoms with van der Waals surface area (Å²) in [4.78, 5) is 12.8. The van der Waals surface area contributed by atoms with Crippen molar-refractivity contribution in [3.05, 3.63) is 76.9 Å². The summed E-state index contributed by atoms with van der Waals surface area (Å²) in [6.07, 6.45) is 1.46. The number of rotatable bonds is 2. The van der Waals surface area contributed by atoms with Crippen LogP contribution in [0.4, 0.5) is 0 Å². The average Bonchev–Trinajstić information content (AvgIpc) is 2.94. The third-order valence-electron chi connectivity index (χ3n) is 4.82. The van der Waals surface area contributed by atoms with Gasteiger partial charge in [0.05, 0.1) is 5.69 Å². The lowest BCUT2D eigenvalue weighted by Gasteiger charge is -2.30. The third-order valence-corrected chi connectivity index (χ3v) is 5.06. The molecule has 0 atom stereocenters. The smallest absolute Gasteiger partial charge is 0.165 e. The molecule has 1 aliphatic rings. The van der Waals surface area contributed by atoms with Crippen molar-refractivity contribution in [2.75, 3.05) is 0 Å². The lowest BCUT2D eigenvalue weighted by Crippen LogP contribution is -2.27. The Morgan fingerprint density at radius 1 is 0.960 bits per heavy atom. The summed E-state index contributed by atoms with van der Waals surface area (Å²) in [7, 11) is 0. The summed E-state index contributed by atoms with van der Waals surface area (Å²) in [5.41, 5.74) is 5.03. The fourth-order valence-electron chi connectivity index (χ4n) is 3.74. The molecule has 0 amide bonds. The Bertz CT molecular complexity index is 953. The fraction of sp³-hybridized carbons (Fsp3) is 0.227. The SMILES string of the molecule is CC1(C)CC(=O)c2cc(-c3ccccc3)n(-c3cccc(Cl)c3)c2C1. The highest BCUT2D eigenvalue weighted by molar-refractivity contribution is 6.30. The number of carbonyl (C=O) groups is 1. The van der Waals surface area contributed by atoms with Crippen LogP contribution in [0.5, 0.6) is 0 Å².